The van der Waals surface area contributed by atoms with Crippen molar-refractivity contribution in [3.63, 3.8) is 0 Å². The largest absolute Gasteiger partial charge is 0.396 e. The Morgan fingerprint density at radius 2 is 2.00 bits per heavy atom. The van der Waals surface area contributed by atoms with Crippen molar-refractivity contribution in [2.45, 2.75) is 31.1 Å². The monoisotopic (exact) mass is 305 g/mol. The standard InChI is InChI=1S/C17H23NO4/c19-12-14-6-7-17(21-8-9-22-17)10-15(14)18-11-16(20)13-4-2-1-3-5-13/h1-5,14-15,18-19H,6-12H2/t14-,15+/m0/s1. The van der Waals surface area contributed by atoms with Gasteiger partial charge < -0.3 is 19.9 Å². The Hall–Kier alpha value is -1.27. The summed E-state index contributed by atoms with van der Waals surface area (Å²) in [7, 11) is 0. The number of hydrogen-bond donors (Lipinski definition) is 2. The van der Waals surface area contributed by atoms with Gasteiger partial charge in [-0.25, -0.2) is 0 Å². The van der Waals surface area contributed by atoms with Crippen molar-refractivity contribution >= 4 is 5.78 Å². The molecule has 2 fully saturated rings. The summed E-state index contributed by atoms with van der Waals surface area (Å²) in [6.45, 7) is 1.63. The normalized spacial score (nSPS) is 27.1. The van der Waals surface area contributed by atoms with E-state index < -0.39 is 5.79 Å². The van der Waals surface area contributed by atoms with Crippen LogP contribution in [-0.2, 0) is 9.47 Å². The van der Waals surface area contributed by atoms with E-state index in [0.29, 0.717) is 25.2 Å². The highest BCUT2D eigenvalue weighted by atomic mass is 16.7. The predicted molar refractivity (Wildman–Crippen MR) is 81.6 cm³/mol. The molecule has 1 aliphatic carbocycles. The van der Waals surface area contributed by atoms with Crippen molar-refractivity contribution < 1.29 is 19.4 Å². The predicted octanol–water partition coefficient (Wildman–Crippen LogP) is 1.36. The van der Waals surface area contributed by atoms with Gasteiger partial charge in [0, 0.05) is 31.1 Å². The summed E-state index contributed by atoms with van der Waals surface area (Å²) in [6.07, 6.45) is 2.33. The molecule has 3 rings (SSSR count). The number of ether oxygens (including phenoxy) is 2. The Morgan fingerprint density at radius 3 is 2.68 bits per heavy atom. The second-order valence-electron chi connectivity index (χ2n) is 6.07. The Bertz CT molecular complexity index is 499. The van der Waals surface area contributed by atoms with E-state index in [2.05, 4.69) is 5.32 Å². The van der Waals surface area contributed by atoms with Gasteiger partial charge >= 0.3 is 0 Å². The fraction of sp³-hybridized carbons (Fsp3) is 0.588. The van der Waals surface area contributed by atoms with E-state index in [4.69, 9.17) is 9.47 Å². The summed E-state index contributed by atoms with van der Waals surface area (Å²) >= 11 is 0. The molecule has 5 nitrogen and oxygen atoms in total. The zero-order chi connectivity index (χ0) is 15.4. The fourth-order valence-electron chi connectivity index (χ4n) is 3.38. The highest BCUT2D eigenvalue weighted by Gasteiger charge is 2.44. The number of carbonyl (C=O) groups excluding carboxylic acids is 1. The van der Waals surface area contributed by atoms with Gasteiger partial charge in [-0.15, -0.1) is 0 Å². The number of ketones is 1. The molecule has 0 amide bonds. The Labute approximate surface area is 130 Å². The number of nitrogens with one attached hydrogen (secondary N) is 1. The number of hydrogen-bond acceptors (Lipinski definition) is 5. The molecule has 5 heteroatoms. The molecule has 2 aliphatic rings. The molecule has 1 saturated carbocycles. The number of rotatable bonds is 5. The lowest BCUT2D eigenvalue weighted by Crippen LogP contribution is -2.51. The van der Waals surface area contributed by atoms with Crippen LogP contribution in [0.1, 0.15) is 29.6 Å². The Balaban J connectivity index is 1.60. The summed E-state index contributed by atoms with van der Waals surface area (Å²) in [5, 5.41) is 12.9. The molecule has 1 spiro atoms. The van der Waals surface area contributed by atoms with Crippen LogP contribution in [-0.4, -0.2) is 49.1 Å². The quantitative estimate of drug-likeness (QED) is 0.804. The van der Waals surface area contributed by atoms with Crippen molar-refractivity contribution in [2.24, 2.45) is 5.92 Å². The van der Waals surface area contributed by atoms with E-state index in [1.807, 2.05) is 30.3 Å². The lowest BCUT2D eigenvalue weighted by Gasteiger charge is -2.40. The summed E-state index contributed by atoms with van der Waals surface area (Å²) in [5.74, 6) is -0.314. The molecule has 0 bridgehead atoms. The first-order valence-electron chi connectivity index (χ1n) is 7.93. The van der Waals surface area contributed by atoms with Crippen LogP contribution in [0.3, 0.4) is 0 Å². The van der Waals surface area contributed by atoms with Gasteiger partial charge in [0.2, 0.25) is 0 Å². The second kappa shape index (κ2) is 6.87. The first-order valence-corrected chi connectivity index (χ1v) is 7.93. The van der Waals surface area contributed by atoms with Gasteiger partial charge in [0.05, 0.1) is 19.8 Å². The van der Waals surface area contributed by atoms with Crippen LogP contribution in [0.2, 0.25) is 0 Å². The van der Waals surface area contributed by atoms with Gasteiger partial charge in [-0.2, -0.15) is 0 Å². The average molecular weight is 305 g/mol. The molecule has 22 heavy (non-hydrogen) atoms. The van der Waals surface area contributed by atoms with Crippen LogP contribution >= 0.6 is 0 Å². The van der Waals surface area contributed by atoms with Crippen LogP contribution < -0.4 is 5.32 Å². The third-order valence-electron chi connectivity index (χ3n) is 4.66. The third kappa shape index (κ3) is 3.38. The first kappa shape index (κ1) is 15.6. The zero-order valence-electron chi connectivity index (χ0n) is 12.7. The lowest BCUT2D eigenvalue weighted by molar-refractivity contribution is -0.190. The van der Waals surface area contributed by atoms with E-state index >= 15 is 0 Å². The molecule has 120 valence electrons. The number of Topliss-reactive ketones (excluding diaryl/α,β-unsaturated/α-hetero) is 1. The van der Waals surface area contributed by atoms with Gasteiger partial charge in [0.15, 0.2) is 11.6 Å². The Kier molecular flexibility index (Phi) is 4.88. The average Bonchev–Trinajstić information content (AvgIpc) is 3.01. The van der Waals surface area contributed by atoms with Gasteiger partial charge in [-0.05, 0) is 12.3 Å². The summed E-state index contributed by atoms with van der Waals surface area (Å²) < 4.78 is 11.5. The maximum atomic E-state index is 12.2. The second-order valence-corrected chi connectivity index (χ2v) is 6.07. The molecule has 0 unspecified atom stereocenters. The molecule has 1 heterocycles. The van der Waals surface area contributed by atoms with Crippen LogP contribution in [0.25, 0.3) is 0 Å². The minimum Gasteiger partial charge on any atom is -0.396 e. The van der Waals surface area contributed by atoms with E-state index in [1.165, 1.54) is 0 Å². The maximum Gasteiger partial charge on any atom is 0.176 e. The highest BCUT2D eigenvalue weighted by molar-refractivity contribution is 5.97. The topological polar surface area (TPSA) is 67.8 Å². The van der Waals surface area contributed by atoms with E-state index in [-0.39, 0.29) is 30.9 Å². The van der Waals surface area contributed by atoms with Crippen LogP contribution in [0.4, 0.5) is 0 Å². The molecular weight excluding hydrogens is 282 g/mol. The number of aliphatic hydroxyl groups is 1. The van der Waals surface area contributed by atoms with E-state index in [1.54, 1.807) is 0 Å². The molecule has 2 N–H and O–H groups in total. The van der Waals surface area contributed by atoms with Gasteiger partial charge in [-0.1, -0.05) is 30.3 Å². The van der Waals surface area contributed by atoms with Crippen LogP contribution in [0, 0.1) is 5.92 Å². The molecule has 1 aliphatic heterocycles. The van der Waals surface area contributed by atoms with Crippen LogP contribution in [0.15, 0.2) is 30.3 Å². The zero-order valence-corrected chi connectivity index (χ0v) is 12.7. The lowest BCUT2D eigenvalue weighted by atomic mass is 9.81. The summed E-state index contributed by atoms with van der Waals surface area (Å²) in [4.78, 5) is 12.2. The molecule has 1 aromatic carbocycles. The van der Waals surface area contributed by atoms with Crippen molar-refractivity contribution in [3.8, 4) is 0 Å². The Morgan fingerprint density at radius 1 is 1.27 bits per heavy atom. The number of carbonyl (C=O) groups is 1. The molecular formula is C17H23NO4. The van der Waals surface area contributed by atoms with Crippen LogP contribution in [0.5, 0.6) is 0 Å². The van der Waals surface area contributed by atoms with Crippen molar-refractivity contribution in [1.29, 1.82) is 0 Å². The van der Waals surface area contributed by atoms with Gasteiger partial charge in [-0.3, -0.25) is 4.79 Å². The van der Waals surface area contributed by atoms with Crippen molar-refractivity contribution in [3.05, 3.63) is 35.9 Å². The van der Waals surface area contributed by atoms with E-state index in [0.717, 1.165) is 12.8 Å². The fourth-order valence-corrected chi connectivity index (χ4v) is 3.38. The molecule has 0 aromatic heterocycles. The highest BCUT2D eigenvalue weighted by Crippen LogP contribution is 2.38. The first-order chi connectivity index (χ1) is 10.7. The third-order valence-corrected chi connectivity index (χ3v) is 4.66. The molecule has 1 aromatic rings. The minimum absolute atomic E-state index is 0.0320. The van der Waals surface area contributed by atoms with Crippen molar-refractivity contribution in [1.82, 2.24) is 5.32 Å². The van der Waals surface area contributed by atoms with Gasteiger partial charge in [0.1, 0.15) is 0 Å². The minimum atomic E-state index is -0.515. The SMILES string of the molecule is O=C(CN[C@@H]1CC2(CC[C@H]1CO)OCCO2)c1ccccc1. The number of aliphatic hydroxyl groups excluding tert-OH is 1. The van der Waals surface area contributed by atoms with Crippen molar-refractivity contribution in [2.75, 3.05) is 26.4 Å². The number of benzene rings is 1. The summed E-state index contributed by atoms with van der Waals surface area (Å²) in [6, 6.07) is 9.28. The smallest absolute Gasteiger partial charge is 0.176 e. The summed E-state index contributed by atoms with van der Waals surface area (Å²) in [5.41, 5.74) is 0.703. The molecule has 2 atom stereocenters. The van der Waals surface area contributed by atoms with Gasteiger partial charge in [0.25, 0.3) is 0 Å². The molecule has 1 saturated heterocycles. The maximum absolute atomic E-state index is 12.2. The van der Waals surface area contributed by atoms with E-state index in [9.17, 15) is 9.90 Å². The molecule has 0 radical (unpaired) electrons.